The van der Waals surface area contributed by atoms with Gasteiger partial charge in [-0.1, -0.05) is 74.6 Å². The fourth-order valence-corrected chi connectivity index (χ4v) is 5.14. The van der Waals surface area contributed by atoms with E-state index < -0.39 is 5.97 Å². The van der Waals surface area contributed by atoms with Crippen molar-refractivity contribution in [1.82, 2.24) is 5.32 Å². The summed E-state index contributed by atoms with van der Waals surface area (Å²) in [7, 11) is 0. The summed E-state index contributed by atoms with van der Waals surface area (Å²) in [5.74, 6) is 9.49. The monoisotopic (exact) mass is 696 g/mol. The predicted molar refractivity (Wildman–Crippen MR) is 197 cm³/mol. The summed E-state index contributed by atoms with van der Waals surface area (Å²) in [6.07, 6.45) is 7.71. The van der Waals surface area contributed by atoms with Crippen molar-refractivity contribution in [2.24, 2.45) is 16.6 Å². The zero-order valence-electron chi connectivity index (χ0n) is 28.4. The van der Waals surface area contributed by atoms with Gasteiger partial charge in [0.05, 0.1) is 16.7 Å². The number of nitrogens with one attached hydrogen (secondary N) is 1. The van der Waals surface area contributed by atoms with Crippen molar-refractivity contribution in [2.75, 3.05) is 13.1 Å². The van der Waals surface area contributed by atoms with E-state index in [1.54, 1.807) is 72.8 Å². The maximum absolute atomic E-state index is 13.5. The molecule has 4 N–H and O–H groups in total. The van der Waals surface area contributed by atoms with Crippen LogP contribution < -0.4 is 11.1 Å². The fourth-order valence-electron chi connectivity index (χ4n) is 5.14. The average molecular weight is 697 g/mol. The summed E-state index contributed by atoms with van der Waals surface area (Å²) in [5.41, 5.74) is 9.18. The number of nitrogens with two attached hydrogens (primary N) is 1. The number of hydrogen-bond acceptors (Lipinski definition) is 3. The van der Waals surface area contributed by atoms with Crippen LogP contribution in [-0.2, 0) is 0 Å². The van der Waals surface area contributed by atoms with E-state index in [2.05, 4.69) is 42.8 Å². The molecule has 0 aliphatic heterocycles. The molecule has 6 rings (SSSR count). The van der Waals surface area contributed by atoms with E-state index in [-0.39, 0.29) is 40.9 Å². The van der Waals surface area contributed by atoms with Gasteiger partial charge in [0, 0.05) is 23.2 Å². The highest BCUT2D eigenvalue weighted by molar-refractivity contribution is 5.94. The Bertz CT molecular complexity index is 1860. The van der Waals surface area contributed by atoms with Crippen molar-refractivity contribution < 1.29 is 23.5 Å². The molecule has 0 radical (unpaired) electrons. The van der Waals surface area contributed by atoms with Crippen molar-refractivity contribution >= 4 is 24.3 Å². The van der Waals surface area contributed by atoms with Crippen LogP contribution in [-0.4, -0.2) is 30.1 Å². The van der Waals surface area contributed by atoms with E-state index in [1.807, 2.05) is 0 Å². The van der Waals surface area contributed by atoms with E-state index in [4.69, 9.17) is 10.8 Å². The van der Waals surface area contributed by atoms with Gasteiger partial charge >= 0.3 is 5.97 Å². The quantitative estimate of drug-likeness (QED) is 0.182. The van der Waals surface area contributed by atoms with Gasteiger partial charge in [0.15, 0.2) is 0 Å². The minimum absolute atomic E-state index is 0. The SMILES string of the molecule is CC1(CN)CCC1.CC1(CNC(=O)c2ccc(C#Cc3ccccc3F)cc2)CCC1.Cl.O=C(O)c1ccc(C#Cc2ccccc2F)cc1. The van der Waals surface area contributed by atoms with Crippen molar-refractivity contribution in [3.63, 3.8) is 0 Å². The molecule has 8 heteroatoms. The third kappa shape index (κ3) is 11.9. The molecule has 4 aromatic carbocycles. The molecule has 2 aliphatic rings. The van der Waals surface area contributed by atoms with Gasteiger partial charge in [-0.05, 0) is 116 Å². The number of carboxylic acids is 1. The van der Waals surface area contributed by atoms with Gasteiger partial charge in [0.2, 0.25) is 0 Å². The number of carboxylic acid groups (broad SMARTS) is 1. The first-order chi connectivity index (χ1) is 23.5. The van der Waals surface area contributed by atoms with E-state index >= 15 is 0 Å². The smallest absolute Gasteiger partial charge is 0.335 e. The summed E-state index contributed by atoms with van der Waals surface area (Å²) in [4.78, 5) is 22.8. The Labute approximate surface area is 300 Å². The lowest BCUT2D eigenvalue weighted by atomic mass is 9.70. The van der Waals surface area contributed by atoms with Crippen molar-refractivity contribution in [3.05, 3.63) is 142 Å². The Kier molecular flexibility index (Phi) is 14.8. The van der Waals surface area contributed by atoms with Crippen LogP contribution in [0.4, 0.5) is 8.78 Å². The molecule has 260 valence electrons. The first-order valence-corrected chi connectivity index (χ1v) is 16.4. The predicted octanol–water partition coefficient (Wildman–Crippen LogP) is 8.63. The molecule has 0 unspecified atom stereocenters. The molecule has 4 aromatic rings. The highest BCUT2D eigenvalue weighted by atomic mass is 35.5. The normalized spacial score (nSPS) is 14.3. The van der Waals surface area contributed by atoms with E-state index in [0.717, 1.165) is 18.7 Å². The number of amides is 1. The van der Waals surface area contributed by atoms with Crippen LogP contribution in [0.2, 0.25) is 0 Å². The number of hydrogen-bond donors (Lipinski definition) is 3. The van der Waals surface area contributed by atoms with Crippen LogP contribution in [0.15, 0.2) is 97.1 Å². The molecule has 0 bridgehead atoms. The van der Waals surface area contributed by atoms with Crippen LogP contribution in [0.1, 0.15) is 95.3 Å². The summed E-state index contributed by atoms with van der Waals surface area (Å²) < 4.78 is 26.8. The number of aromatic carboxylic acids is 1. The Balaban J connectivity index is 0.000000228. The minimum atomic E-state index is -0.983. The number of halogens is 3. The molecule has 0 aromatic heterocycles. The molecule has 0 saturated heterocycles. The van der Waals surface area contributed by atoms with Gasteiger partial charge in [-0.15, -0.1) is 12.4 Å². The van der Waals surface area contributed by atoms with E-state index in [0.29, 0.717) is 27.7 Å². The van der Waals surface area contributed by atoms with E-state index in [1.165, 1.54) is 62.8 Å². The Morgan fingerprint density at radius 1 is 0.680 bits per heavy atom. The number of carbonyl (C=O) groups excluding carboxylic acids is 1. The molecule has 1 amide bonds. The van der Waals surface area contributed by atoms with Gasteiger partial charge in [-0.3, -0.25) is 4.79 Å². The van der Waals surface area contributed by atoms with Crippen LogP contribution in [0.25, 0.3) is 0 Å². The zero-order valence-corrected chi connectivity index (χ0v) is 29.2. The first kappa shape index (κ1) is 39.5. The summed E-state index contributed by atoms with van der Waals surface area (Å²) in [6, 6.07) is 25.9. The number of carbonyl (C=O) groups is 2. The zero-order chi connectivity index (χ0) is 35.3. The molecular formula is C42H43ClF2N2O3. The highest BCUT2D eigenvalue weighted by Crippen LogP contribution is 2.39. The largest absolute Gasteiger partial charge is 0.478 e. The highest BCUT2D eigenvalue weighted by Gasteiger charge is 2.32. The summed E-state index contributed by atoms with van der Waals surface area (Å²) in [5, 5.41) is 11.7. The lowest BCUT2D eigenvalue weighted by molar-refractivity contribution is 0.0696. The van der Waals surface area contributed by atoms with Gasteiger partial charge in [0.25, 0.3) is 5.91 Å². The molecule has 0 heterocycles. The van der Waals surface area contributed by atoms with Gasteiger partial charge < -0.3 is 16.2 Å². The maximum atomic E-state index is 13.5. The van der Waals surface area contributed by atoms with Crippen molar-refractivity contribution in [2.45, 2.75) is 52.4 Å². The van der Waals surface area contributed by atoms with Crippen LogP contribution >= 0.6 is 12.4 Å². The number of rotatable bonds is 5. The third-order valence-electron chi connectivity index (χ3n) is 9.00. The van der Waals surface area contributed by atoms with Crippen molar-refractivity contribution in [3.8, 4) is 23.7 Å². The Hall–Kier alpha value is -4.95. The summed E-state index contributed by atoms with van der Waals surface area (Å²) >= 11 is 0. The van der Waals surface area contributed by atoms with Gasteiger partial charge in [-0.25, -0.2) is 13.6 Å². The minimum Gasteiger partial charge on any atom is -0.478 e. The molecule has 5 nitrogen and oxygen atoms in total. The number of benzene rings is 4. The molecule has 2 fully saturated rings. The lowest BCUT2D eigenvalue weighted by Crippen LogP contribution is -2.39. The van der Waals surface area contributed by atoms with E-state index in [9.17, 15) is 18.4 Å². The Morgan fingerprint density at radius 3 is 1.44 bits per heavy atom. The molecule has 2 aliphatic carbocycles. The second-order valence-electron chi connectivity index (χ2n) is 13.1. The van der Waals surface area contributed by atoms with Crippen LogP contribution in [0.3, 0.4) is 0 Å². The van der Waals surface area contributed by atoms with Crippen LogP contribution in [0.5, 0.6) is 0 Å². The van der Waals surface area contributed by atoms with Crippen molar-refractivity contribution in [1.29, 1.82) is 0 Å². The first-order valence-electron chi connectivity index (χ1n) is 16.4. The second-order valence-corrected chi connectivity index (χ2v) is 13.1. The third-order valence-corrected chi connectivity index (χ3v) is 9.00. The van der Waals surface area contributed by atoms with Crippen LogP contribution in [0, 0.1) is 46.1 Å². The second kappa shape index (κ2) is 18.7. The molecular weight excluding hydrogens is 654 g/mol. The average Bonchev–Trinajstić information content (AvgIpc) is 3.09. The molecule has 2 saturated carbocycles. The molecule has 50 heavy (non-hydrogen) atoms. The lowest BCUT2D eigenvalue weighted by Gasteiger charge is -2.38. The fraction of sp³-hybridized carbons (Fsp3) is 0.286. The Morgan fingerprint density at radius 2 is 1.10 bits per heavy atom. The molecule has 0 spiro atoms. The standard InChI is InChI=1S/C21H20FNO.C15H9FO2.C6H13N.ClH/c1-21(13-4-14-21)15-23-20(24)18-11-8-16(9-12-18)7-10-17-5-2-3-6-19(17)22;16-14-4-2-1-3-12(14)8-5-11-6-9-13(10-7-11)15(17)18;1-6(5-7)3-2-4-6;/h2-3,5-6,8-9,11-12H,4,13-15H2,1H3,(H,23,24);1-4,6-7,9-10H,(H,17,18);2-5,7H2,1H3;1H. The topological polar surface area (TPSA) is 92.4 Å². The maximum Gasteiger partial charge on any atom is 0.335 e. The van der Waals surface area contributed by atoms with Gasteiger partial charge in [-0.2, -0.15) is 0 Å². The molecule has 0 atom stereocenters. The summed E-state index contributed by atoms with van der Waals surface area (Å²) in [6.45, 7) is 6.07. The van der Waals surface area contributed by atoms with Gasteiger partial charge in [0.1, 0.15) is 11.6 Å².